The lowest BCUT2D eigenvalue weighted by Gasteiger charge is -2.18. The Morgan fingerprint density at radius 2 is 1.92 bits per heavy atom. The lowest BCUT2D eigenvalue weighted by molar-refractivity contribution is -0.118. The molecule has 0 bridgehead atoms. The fraction of sp³-hybridized carbons (Fsp3) is 0.160. The van der Waals surface area contributed by atoms with Gasteiger partial charge in [-0.1, -0.05) is 36.4 Å². The number of nitrogens with one attached hydrogen (secondary N) is 3. The van der Waals surface area contributed by atoms with Crippen LogP contribution in [0.2, 0.25) is 0 Å². The van der Waals surface area contributed by atoms with Crippen LogP contribution in [0.1, 0.15) is 38.0 Å². The summed E-state index contributed by atoms with van der Waals surface area (Å²) in [7, 11) is 0. The predicted molar refractivity (Wildman–Crippen MR) is 140 cm³/mol. The number of rotatable bonds is 6. The van der Waals surface area contributed by atoms with Crippen molar-refractivity contribution >= 4 is 46.9 Å². The summed E-state index contributed by atoms with van der Waals surface area (Å²) in [5.74, 6) is -1.31. The molecule has 1 atom stereocenters. The number of aromatic amines is 1. The second kappa shape index (κ2) is 12.6. The second-order valence-electron chi connectivity index (χ2n) is 8.00. The van der Waals surface area contributed by atoms with Crippen LogP contribution in [0.5, 0.6) is 5.75 Å². The number of aliphatic hydroxyl groups excluding tert-OH is 1. The molecule has 2 amide bonds. The number of nitrogens with two attached hydrogens (primary N) is 1. The number of aromatic nitrogens is 3. The van der Waals surface area contributed by atoms with Crippen molar-refractivity contribution in [3.63, 3.8) is 0 Å². The van der Waals surface area contributed by atoms with E-state index in [-0.39, 0.29) is 66.4 Å². The maximum absolute atomic E-state index is 12.5. The van der Waals surface area contributed by atoms with Crippen LogP contribution in [0.25, 0.3) is 11.0 Å². The maximum Gasteiger partial charge on any atom is 0.339 e. The van der Waals surface area contributed by atoms with Crippen LogP contribution in [0, 0.1) is 0 Å². The Balaban J connectivity index is 0.000000308. The highest BCUT2D eigenvalue weighted by Gasteiger charge is 2.20. The molecular formula is C25H25ClN6O6. The number of aromatic carboxylic acids is 1. The van der Waals surface area contributed by atoms with Gasteiger partial charge in [0, 0.05) is 12.7 Å². The molecular weight excluding hydrogens is 516 g/mol. The van der Waals surface area contributed by atoms with Crippen LogP contribution < -0.4 is 21.1 Å². The number of hydrogen-bond donors (Lipinski definition) is 6. The van der Waals surface area contributed by atoms with Gasteiger partial charge in [0.15, 0.2) is 12.3 Å². The molecule has 0 radical (unpaired) electrons. The molecule has 0 saturated carbocycles. The van der Waals surface area contributed by atoms with E-state index >= 15 is 0 Å². The molecule has 2 aromatic carbocycles. The van der Waals surface area contributed by atoms with Gasteiger partial charge in [-0.2, -0.15) is 0 Å². The predicted octanol–water partition coefficient (Wildman–Crippen LogP) is 2.02. The Kier molecular flexibility index (Phi) is 9.33. The topological polar surface area (TPSA) is 193 Å². The number of amides is 2. The average molecular weight is 541 g/mol. The number of ether oxygens (including phenoxy) is 1. The quantitative estimate of drug-likeness (QED) is 0.212. The summed E-state index contributed by atoms with van der Waals surface area (Å²) in [4.78, 5) is 45.7. The molecule has 1 unspecified atom stereocenters. The highest BCUT2D eigenvalue weighted by Crippen LogP contribution is 2.28. The Morgan fingerprint density at radius 1 is 1.16 bits per heavy atom. The van der Waals surface area contributed by atoms with Crippen molar-refractivity contribution in [2.75, 3.05) is 18.5 Å². The standard InChI is InChI=1S/C17H13N5O5.C8H11NO.ClH/c23-12-6-27-11-2-1-8(3-10(11)22-12)4-19-16(24)15-14-13(20-7-21-15)9(5-18-14)17(25)26;9-8(6-10)7-4-2-1-3-5-7;/h1-3,5,7,18H,4,6H2,(H,19,24)(H,22,23)(H,25,26);1-5,8,10H,6,9H2;1H. The molecule has 2 aromatic heterocycles. The molecule has 12 nitrogen and oxygen atoms in total. The molecule has 4 aromatic rings. The Hall–Kier alpha value is -4.52. The van der Waals surface area contributed by atoms with Gasteiger partial charge in [0.2, 0.25) is 0 Å². The van der Waals surface area contributed by atoms with Gasteiger partial charge in [0.25, 0.3) is 11.8 Å². The van der Waals surface area contributed by atoms with Gasteiger partial charge in [0.05, 0.1) is 23.9 Å². The number of carbonyl (C=O) groups excluding carboxylic acids is 2. The maximum atomic E-state index is 12.5. The van der Waals surface area contributed by atoms with Crippen molar-refractivity contribution in [2.24, 2.45) is 5.73 Å². The minimum atomic E-state index is -1.15. The lowest BCUT2D eigenvalue weighted by atomic mass is 10.1. The van der Waals surface area contributed by atoms with Crippen LogP contribution >= 0.6 is 12.4 Å². The summed E-state index contributed by atoms with van der Waals surface area (Å²) in [6.45, 7) is 0.158. The number of anilines is 1. The molecule has 198 valence electrons. The lowest BCUT2D eigenvalue weighted by Crippen LogP contribution is -2.26. The van der Waals surface area contributed by atoms with Crippen LogP contribution in [-0.4, -0.2) is 56.2 Å². The molecule has 0 spiro atoms. The van der Waals surface area contributed by atoms with Crippen molar-refractivity contribution in [3.8, 4) is 5.75 Å². The van der Waals surface area contributed by atoms with Gasteiger partial charge in [0.1, 0.15) is 23.2 Å². The number of nitrogens with zero attached hydrogens (tertiary/aromatic N) is 2. The first-order chi connectivity index (χ1) is 17.9. The van der Waals surface area contributed by atoms with Gasteiger partial charge in [-0.25, -0.2) is 14.8 Å². The van der Waals surface area contributed by atoms with Crippen LogP contribution in [0.4, 0.5) is 5.69 Å². The van der Waals surface area contributed by atoms with Gasteiger partial charge < -0.3 is 36.3 Å². The van der Waals surface area contributed by atoms with E-state index in [1.165, 1.54) is 6.20 Å². The summed E-state index contributed by atoms with van der Waals surface area (Å²) in [6, 6.07) is 14.5. The molecule has 0 saturated heterocycles. The van der Waals surface area contributed by atoms with Crippen molar-refractivity contribution in [2.45, 2.75) is 12.6 Å². The monoisotopic (exact) mass is 540 g/mol. The average Bonchev–Trinajstić information content (AvgIpc) is 3.36. The number of fused-ring (bicyclic) bond motifs is 2. The molecule has 3 heterocycles. The molecule has 13 heteroatoms. The highest BCUT2D eigenvalue weighted by atomic mass is 35.5. The fourth-order valence-electron chi connectivity index (χ4n) is 3.59. The third-order valence-electron chi connectivity index (χ3n) is 5.46. The number of H-pyrrole nitrogens is 1. The zero-order valence-electron chi connectivity index (χ0n) is 19.9. The Morgan fingerprint density at radius 3 is 2.63 bits per heavy atom. The van der Waals surface area contributed by atoms with Crippen LogP contribution in [0.3, 0.4) is 0 Å². The highest BCUT2D eigenvalue weighted by molar-refractivity contribution is 6.08. The van der Waals surface area contributed by atoms with E-state index in [2.05, 4.69) is 25.6 Å². The molecule has 1 aliphatic rings. The van der Waals surface area contributed by atoms with Gasteiger partial charge in [-0.3, -0.25) is 9.59 Å². The summed E-state index contributed by atoms with van der Waals surface area (Å²) in [6.07, 6.45) is 2.41. The number of carbonyl (C=O) groups is 3. The number of aliphatic hydroxyl groups is 1. The zero-order chi connectivity index (χ0) is 26.4. The summed E-state index contributed by atoms with van der Waals surface area (Å²) in [5.41, 5.74) is 8.23. The largest absolute Gasteiger partial charge is 0.482 e. The van der Waals surface area contributed by atoms with Crippen LogP contribution in [-0.2, 0) is 11.3 Å². The number of benzene rings is 2. The van der Waals surface area contributed by atoms with Crippen LogP contribution in [0.15, 0.2) is 61.1 Å². The van der Waals surface area contributed by atoms with E-state index in [1.807, 2.05) is 30.3 Å². The first kappa shape index (κ1) is 28.1. The number of hydrogen-bond acceptors (Lipinski definition) is 8. The van der Waals surface area contributed by atoms with E-state index in [0.717, 1.165) is 17.5 Å². The third-order valence-corrected chi connectivity index (χ3v) is 5.46. The fourth-order valence-corrected chi connectivity index (χ4v) is 3.59. The van der Waals surface area contributed by atoms with Crippen molar-refractivity contribution in [1.29, 1.82) is 0 Å². The Bertz CT molecular complexity index is 1450. The smallest absolute Gasteiger partial charge is 0.339 e. The molecule has 1 aliphatic heterocycles. The normalized spacial score (nSPS) is 12.5. The van der Waals surface area contributed by atoms with Gasteiger partial charge >= 0.3 is 5.97 Å². The van der Waals surface area contributed by atoms with Gasteiger partial charge in [-0.15, -0.1) is 12.4 Å². The first-order valence-corrected chi connectivity index (χ1v) is 11.2. The molecule has 7 N–H and O–H groups in total. The van der Waals surface area contributed by atoms with E-state index in [9.17, 15) is 14.4 Å². The summed E-state index contributed by atoms with van der Waals surface area (Å²) in [5, 5.41) is 23.2. The van der Waals surface area contributed by atoms with E-state index in [0.29, 0.717) is 11.4 Å². The first-order valence-electron chi connectivity index (χ1n) is 11.2. The summed E-state index contributed by atoms with van der Waals surface area (Å²) < 4.78 is 5.29. The second-order valence-corrected chi connectivity index (χ2v) is 8.00. The van der Waals surface area contributed by atoms with E-state index in [4.69, 9.17) is 20.7 Å². The minimum absolute atomic E-state index is 0. The third kappa shape index (κ3) is 6.42. The minimum Gasteiger partial charge on any atom is -0.482 e. The number of carboxylic acids is 1. The van der Waals surface area contributed by atoms with Crippen molar-refractivity contribution in [1.82, 2.24) is 20.3 Å². The number of halogens is 1. The zero-order valence-corrected chi connectivity index (χ0v) is 20.7. The van der Waals surface area contributed by atoms with E-state index < -0.39 is 11.9 Å². The Labute approximate surface area is 222 Å². The van der Waals surface area contributed by atoms with Crippen molar-refractivity contribution in [3.05, 3.63) is 83.4 Å². The van der Waals surface area contributed by atoms with E-state index in [1.54, 1.807) is 18.2 Å². The molecule has 0 fully saturated rings. The SMILES string of the molecule is Cl.NC(CO)c1ccccc1.O=C1COc2ccc(CNC(=O)c3ncnc4c(C(=O)O)c[nH]c34)cc2N1. The van der Waals surface area contributed by atoms with Gasteiger partial charge in [-0.05, 0) is 23.3 Å². The number of carboxylic acid groups (broad SMARTS) is 1. The van der Waals surface area contributed by atoms with Crippen molar-refractivity contribution < 1.29 is 29.3 Å². The summed E-state index contributed by atoms with van der Waals surface area (Å²) >= 11 is 0. The molecule has 0 aliphatic carbocycles. The molecule has 38 heavy (non-hydrogen) atoms. The molecule has 5 rings (SSSR count).